The van der Waals surface area contributed by atoms with Gasteiger partial charge in [0.05, 0.1) is 29.1 Å². The number of halogens is 1. The molecule has 174 valence electrons. The minimum Gasteiger partial charge on any atom is -0.379 e. The van der Waals surface area contributed by atoms with Crippen LogP contribution < -0.4 is 4.90 Å². The zero-order chi connectivity index (χ0) is 22.0. The number of nitrogens with zero attached hydrogens (tertiary/aromatic N) is 5. The Bertz CT molecular complexity index is 1060. The third kappa shape index (κ3) is 5.31. The van der Waals surface area contributed by atoms with E-state index in [4.69, 9.17) is 9.72 Å². The van der Waals surface area contributed by atoms with Crippen molar-refractivity contribution in [2.75, 3.05) is 44.3 Å². The lowest BCUT2D eigenvalue weighted by molar-refractivity contribution is 0.0376. The van der Waals surface area contributed by atoms with Crippen molar-refractivity contribution >= 4 is 45.0 Å². The number of fused-ring (bicyclic) bond motifs is 1. The number of carbonyl (C=O) groups excluding carboxylic acids is 1. The van der Waals surface area contributed by atoms with Crippen LogP contribution >= 0.6 is 23.7 Å². The third-order valence-corrected chi connectivity index (χ3v) is 6.66. The maximum absolute atomic E-state index is 13.7. The first-order chi connectivity index (χ1) is 14.9. The number of benzene rings is 1. The van der Waals surface area contributed by atoms with E-state index < -0.39 is 0 Å². The molecule has 1 aliphatic heterocycles. The van der Waals surface area contributed by atoms with Gasteiger partial charge in [0.25, 0.3) is 5.91 Å². The number of ether oxygens (including phenoxy) is 1. The molecule has 0 radical (unpaired) electrons. The number of amides is 1. The predicted molar refractivity (Wildman–Crippen MR) is 133 cm³/mol. The van der Waals surface area contributed by atoms with Crippen LogP contribution in [-0.2, 0) is 4.74 Å². The number of thiazole rings is 1. The van der Waals surface area contributed by atoms with Gasteiger partial charge in [0.1, 0.15) is 5.69 Å². The molecule has 1 aliphatic rings. The summed E-state index contributed by atoms with van der Waals surface area (Å²) in [5, 5.41) is 5.30. The maximum atomic E-state index is 13.7. The van der Waals surface area contributed by atoms with E-state index >= 15 is 0 Å². The van der Waals surface area contributed by atoms with Gasteiger partial charge < -0.3 is 4.74 Å². The molecular formula is C23H32ClN5O2S. The van der Waals surface area contributed by atoms with Crippen LogP contribution in [0.4, 0.5) is 5.13 Å². The summed E-state index contributed by atoms with van der Waals surface area (Å²) in [7, 11) is 0. The Hall–Kier alpha value is -2.00. The molecule has 1 fully saturated rings. The number of aromatic nitrogens is 3. The van der Waals surface area contributed by atoms with Gasteiger partial charge in [-0.2, -0.15) is 5.10 Å². The lowest BCUT2D eigenvalue weighted by atomic mass is 10.2. The molecule has 0 aliphatic carbocycles. The Kier molecular flexibility index (Phi) is 8.27. The Labute approximate surface area is 199 Å². The van der Waals surface area contributed by atoms with Gasteiger partial charge in [0.2, 0.25) is 0 Å². The quantitative estimate of drug-likeness (QED) is 0.502. The number of anilines is 1. The summed E-state index contributed by atoms with van der Waals surface area (Å²) < 4.78 is 8.38. The highest BCUT2D eigenvalue weighted by molar-refractivity contribution is 7.22. The second kappa shape index (κ2) is 10.7. The van der Waals surface area contributed by atoms with E-state index in [0.717, 1.165) is 65.9 Å². The van der Waals surface area contributed by atoms with Crippen LogP contribution in [0.15, 0.2) is 24.3 Å². The Morgan fingerprint density at radius 2 is 2.00 bits per heavy atom. The van der Waals surface area contributed by atoms with Crippen LogP contribution in [0.25, 0.3) is 10.2 Å². The number of carbonyl (C=O) groups is 1. The van der Waals surface area contributed by atoms with Gasteiger partial charge in [0.15, 0.2) is 5.13 Å². The molecule has 0 atom stereocenters. The van der Waals surface area contributed by atoms with Crippen LogP contribution in [0, 0.1) is 13.8 Å². The number of hydrogen-bond acceptors (Lipinski definition) is 6. The molecule has 4 rings (SSSR count). The van der Waals surface area contributed by atoms with Crippen molar-refractivity contribution in [2.24, 2.45) is 0 Å². The van der Waals surface area contributed by atoms with E-state index in [-0.39, 0.29) is 24.4 Å². The molecule has 9 heteroatoms. The maximum Gasteiger partial charge on any atom is 0.278 e. The van der Waals surface area contributed by atoms with Gasteiger partial charge in [-0.25, -0.2) is 4.98 Å². The summed E-state index contributed by atoms with van der Waals surface area (Å²) in [6, 6.07) is 8.17. The molecule has 0 N–H and O–H groups in total. The fraction of sp³-hybridized carbons (Fsp3) is 0.522. The van der Waals surface area contributed by atoms with Gasteiger partial charge in [0, 0.05) is 32.2 Å². The Balaban J connectivity index is 0.00000289. The topological polar surface area (TPSA) is 63.5 Å². The summed E-state index contributed by atoms with van der Waals surface area (Å²) in [6.45, 7) is 13.1. The molecule has 1 amide bonds. The predicted octanol–water partition coefficient (Wildman–Crippen LogP) is 4.48. The summed E-state index contributed by atoms with van der Waals surface area (Å²) in [5.74, 6) is -0.0343. The van der Waals surface area contributed by atoms with Gasteiger partial charge in [-0.15, -0.1) is 12.4 Å². The highest BCUT2D eigenvalue weighted by Gasteiger charge is 2.26. The summed E-state index contributed by atoms with van der Waals surface area (Å²) in [5.41, 5.74) is 3.58. The fourth-order valence-corrected chi connectivity index (χ4v) is 5.03. The summed E-state index contributed by atoms with van der Waals surface area (Å²) in [6.07, 6.45) is 0.884. The molecule has 1 aromatic carbocycles. The number of para-hydroxylation sites is 1. The fourth-order valence-electron chi connectivity index (χ4n) is 3.96. The molecular weight excluding hydrogens is 446 g/mol. The van der Waals surface area contributed by atoms with Crippen molar-refractivity contribution in [1.82, 2.24) is 19.7 Å². The Morgan fingerprint density at radius 1 is 1.25 bits per heavy atom. The van der Waals surface area contributed by atoms with Crippen LogP contribution in [0.2, 0.25) is 0 Å². The van der Waals surface area contributed by atoms with Gasteiger partial charge in [-0.05, 0) is 51.8 Å². The monoisotopic (exact) mass is 477 g/mol. The average molecular weight is 478 g/mol. The number of hydrogen-bond donors (Lipinski definition) is 0. The smallest absolute Gasteiger partial charge is 0.278 e. The third-order valence-electron chi connectivity index (χ3n) is 5.61. The highest BCUT2D eigenvalue weighted by atomic mass is 35.5. The number of rotatable bonds is 7. The van der Waals surface area contributed by atoms with Crippen molar-refractivity contribution in [2.45, 2.75) is 40.2 Å². The number of aryl methyl sites for hydroxylation is 2. The zero-order valence-electron chi connectivity index (χ0n) is 19.2. The van der Waals surface area contributed by atoms with Crippen molar-refractivity contribution < 1.29 is 9.53 Å². The lowest BCUT2D eigenvalue weighted by Gasteiger charge is -2.28. The van der Waals surface area contributed by atoms with Crippen molar-refractivity contribution in [3.05, 3.63) is 41.2 Å². The van der Waals surface area contributed by atoms with Crippen LogP contribution in [0.5, 0.6) is 0 Å². The Morgan fingerprint density at radius 3 is 2.69 bits per heavy atom. The van der Waals surface area contributed by atoms with Crippen molar-refractivity contribution in [3.8, 4) is 0 Å². The molecule has 0 spiro atoms. The van der Waals surface area contributed by atoms with Crippen molar-refractivity contribution in [1.29, 1.82) is 0 Å². The summed E-state index contributed by atoms with van der Waals surface area (Å²) >= 11 is 1.58. The molecule has 2 aromatic heterocycles. The van der Waals surface area contributed by atoms with Crippen LogP contribution in [0.3, 0.4) is 0 Å². The standard InChI is InChI=1S/C23H31N5O2S.ClH/c1-16(2)28-19(15-18(4)25-28)22(29)27(10-6-9-26-11-13-30-14-12-26)23-24-21-17(3)7-5-8-20(21)31-23;/h5,7-8,15-16H,6,9-14H2,1-4H3;1H. The zero-order valence-corrected chi connectivity index (χ0v) is 20.8. The van der Waals surface area contributed by atoms with Gasteiger partial charge in [-0.3, -0.25) is 19.3 Å². The molecule has 32 heavy (non-hydrogen) atoms. The average Bonchev–Trinajstić information content (AvgIpc) is 3.36. The summed E-state index contributed by atoms with van der Waals surface area (Å²) in [4.78, 5) is 22.8. The molecule has 1 saturated heterocycles. The SMILES string of the molecule is Cc1cc(C(=O)N(CCCN2CCOCC2)c2nc3c(C)cccc3s2)n(C(C)C)n1.Cl. The lowest BCUT2D eigenvalue weighted by Crippen LogP contribution is -2.39. The van der Waals surface area contributed by atoms with E-state index in [1.165, 1.54) is 0 Å². The minimum atomic E-state index is -0.0343. The normalized spacial score (nSPS) is 14.7. The molecule has 3 heterocycles. The molecule has 7 nitrogen and oxygen atoms in total. The molecule has 3 aromatic rings. The highest BCUT2D eigenvalue weighted by Crippen LogP contribution is 2.32. The molecule has 0 bridgehead atoms. The van der Waals surface area contributed by atoms with E-state index in [1.54, 1.807) is 11.3 Å². The first-order valence-electron chi connectivity index (χ1n) is 11.0. The second-order valence-corrected chi connectivity index (χ2v) is 9.40. The first-order valence-corrected chi connectivity index (χ1v) is 11.8. The first kappa shape index (κ1) is 24.6. The largest absolute Gasteiger partial charge is 0.379 e. The van der Waals surface area contributed by atoms with E-state index in [0.29, 0.717) is 12.2 Å². The van der Waals surface area contributed by atoms with E-state index in [2.05, 4.69) is 29.1 Å². The minimum absolute atomic E-state index is 0. The van der Waals surface area contributed by atoms with Gasteiger partial charge in [-0.1, -0.05) is 23.5 Å². The van der Waals surface area contributed by atoms with E-state index in [1.807, 2.05) is 42.5 Å². The molecule has 0 unspecified atom stereocenters. The van der Waals surface area contributed by atoms with Crippen molar-refractivity contribution in [3.63, 3.8) is 0 Å². The number of morpholine rings is 1. The second-order valence-electron chi connectivity index (χ2n) is 8.39. The molecule has 0 saturated carbocycles. The van der Waals surface area contributed by atoms with Gasteiger partial charge >= 0.3 is 0 Å². The van der Waals surface area contributed by atoms with Crippen LogP contribution in [-0.4, -0.2) is 65.0 Å². The van der Waals surface area contributed by atoms with E-state index in [9.17, 15) is 4.79 Å². The van der Waals surface area contributed by atoms with Crippen LogP contribution in [0.1, 0.15) is 48.1 Å².